The molecule has 0 unspecified atom stereocenters. The molecule has 0 radical (unpaired) electrons. The van der Waals surface area contributed by atoms with E-state index in [-0.39, 0.29) is 11.1 Å². The van der Waals surface area contributed by atoms with Crippen molar-refractivity contribution in [1.82, 2.24) is 0 Å². The number of aliphatic hydroxyl groups excluding tert-OH is 2. The molecule has 0 aromatic heterocycles. The Labute approximate surface area is 255 Å². The van der Waals surface area contributed by atoms with Gasteiger partial charge in [-0.15, -0.1) is 0 Å². The maximum Gasteiger partial charge on any atom is 0.338 e. The number of hydrogen-bond donors (Lipinski definition) is 2. The summed E-state index contributed by atoms with van der Waals surface area (Å²) in [6.07, 6.45) is -8.61. The Morgan fingerprint density at radius 1 is 0.705 bits per heavy atom. The van der Waals surface area contributed by atoms with Gasteiger partial charge in [-0.05, 0) is 45.0 Å². The van der Waals surface area contributed by atoms with Crippen LogP contribution in [0.3, 0.4) is 0 Å². The van der Waals surface area contributed by atoms with Crippen molar-refractivity contribution in [3.05, 3.63) is 71.8 Å². The number of hydrogen-bond acceptors (Lipinski definition) is 11. The fraction of sp³-hybridized carbons (Fsp3) is 0.515. The van der Waals surface area contributed by atoms with Gasteiger partial charge in [-0.2, -0.15) is 0 Å². The third-order valence-electron chi connectivity index (χ3n) is 9.61. The highest BCUT2D eigenvalue weighted by Crippen LogP contribution is 2.67. The van der Waals surface area contributed by atoms with Crippen molar-refractivity contribution in [3.8, 4) is 0 Å². The van der Waals surface area contributed by atoms with Crippen LogP contribution in [0.15, 0.2) is 60.7 Å². The molecule has 1 heterocycles. The van der Waals surface area contributed by atoms with E-state index in [9.17, 15) is 29.4 Å². The van der Waals surface area contributed by atoms with Crippen molar-refractivity contribution >= 4 is 23.9 Å². The van der Waals surface area contributed by atoms with Crippen LogP contribution in [0, 0.1) is 17.3 Å². The molecule has 44 heavy (non-hydrogen) atoms. The van der Waals surface area contributed by atoms with E-state index in [0.29, 0.717) is 0 Å². The monoisotopic (exact) mass is 610 g/mol. The lowest BCUT2D eigenvalue weighted by molar-refractivity contribution is -0.331. The van der Waals surface area contributed by atoms with E-state index in [1.807, 2.05) is 0 Å². The van der Waals surface area contributed by atoms with Crippen LogP contribution in [-0.2, 0) is 33.3 Å². The third-order valence-corrected chi connectivity index (χ3v) is 9.61. The number of ether oxygens (including phenoxy) is 5. The molecule has 1 spiro atoms. The number of fused-ring (bicyclic) bond motifs is 1. The molecule has 2 N–H and O–H groups in total. The van der Waals surface area contributed by atoms with Crippen LogP contribution >= 0.6 is 0 Å². The van der Waals surface area contributed by atoms with E-state index in [2.05, 4.69) is 0 Å². The fourth-order valence-electron chi connectivity index (χ4n) is 7.81. The first kappa shape index (κ1) is 31.6. The topological polar surface area (TPSA) is 155 Å². The van der Waals surface area contributed by atoms with Crippen LogP contribution < -0.4 is 0 Å². The summed E-state index contributed by atoms with van der Waals surface area (Å²) in [5.74, 6) is -4.96. The van der Waals surface area contributed by atoms with Crippen LogP contribution in [0.25, 0.3) is 0 Å². The zero-order valence-electron chi connectivity index (χ0n) is 25.5. The summed E-state index contributed by atoms with van der Waals surface area (Å²) in [4.78, 5) is 52.3. The molecule has 0 amide bonds. The first-order valence-electron chi connectivity index (χ1n) is 14.6. The summed E-state index contributed by atoms with van der Waals surface area (Å²) < 4.78 is 30.5. The zero-order chi connectivity index (χ0) is 32.2. The highest BCUT2D eigenvalue weighted by Gasteiger charge is 2.84. The Kier molecular flexibility index (Phi) is 8.11. The van der Waals surface area contributed by atoms with Crippen LogP contribution in [-0.4, -0.2) is 81.9 Å². The van der Waals surface area contributed by atoms with Crippen molar-refractivity contribution in [2.24, 2.45) is 17.3 Å². The Balaban J connectivity index is 1.76. The average molecular weight is 611 g/mol. The molecule has 236 valence electrons. The van der Waals surface area contributed by atoms with Gasteiger partial charge in [0.1, 0.15) is 17.8 Å². The Bertz CT molecular complexity index is 1430. The quantitative estimate of drug-likeness (QED) is 0.366. The molecule has 10 atom stereocenters. The Hall–Kier alpha value is -3.80. The van der Waals surface area contributed by atoms with Crippen molar-refractivity contribution in [2.75, 3.05) is 0 Å². The standard InChI is InChI=1S/C33H38O11/c1-17-23(36)25(41-19(3)35)28(43-30(39)21-15-11-8-12-16-21)32(6)27(42-29(38)20-13-9-7-10-14-20)24(40-18(2)34)22-26(37)33(17,32)44-31(22,4)5/h7-17,22-28,36-37H,1-6H3/t17-,22-,23-,24-,25-,26+,27-,28-,32+,33+/m0/s1. The summed E-state index contributed by atoms with van der Waals surface area (Å²) in [6, 6.07) is 16.2. The summed E-state index contributed by atoms with van der Waals surface area (Å²) in [7, 11) is 0. The summed E-state index contributed by atoms with van der Waals surface area (Å²) in [5.41, 5.74) is -4.33. The molecule has 1 saturated heterocycles. The molecule has 11 heteroatoms. The second-order valence-electron chi connectivity index (χ2n) is 12.6. The zero-order valence-corrected chi connectivity index (χ0v) is 25.5. The first-order chi connectivity index (χ1) is 20.7. The molecule has 11 nitrogen and oxygen atoms in total. The molecule has 3 aliphatic rings. The molecule has 2 saturated carbocycles. The molecule has 1 aliphatic heterocycles. The lowest BCUT2D eigenvalue weighted by atomic mass is 9.47. The summed E-state index contributed by atoms with van der Waals surface area (Å²) in [6.45, 7) is 8.95. The number of benzene rings is 2. The fourth-order valence-corrected chi connectivity index (χ4v) is 7.81. The summed E-state index contributed by atoms with van der Waals surface area (Å²) in [5, 5.41) is 23.9. The molecule has 2 aromatic carbocycles. The highest BCUT2D eigenvalue weighted by atomic mass is 16.6. The van der Waals surface area contributed by atoms with E-state index >= 15 is 0 Å². The van der Waals surface area contributed by atoms with Gasteiger partial charge < -0.3 is 33.9 Å². The molecule has 3 fully saturated rings. The van der Waals surface area contributed by atoms with E-state index in [1.165, 1.54) is 19.1 Å². The van der Waals surface area contributed by atoms with Crippen LogP contribution in [0.1, 0.15) is 62.3 Å². The number of esters is 4. The number of rotatable bonds is 6. The molecular formula is C33H38O11. The second kappa shape index (κ2) is 11.3. The van der Waals surface area contributed by atoms with Gasteiger partial charge in [0.2, 0.25) is 0 Å². The highest BCUT2D eigenvalue weighted by molar-refractivity contribution is 5.90. The van der Waals surface area contributed by atoms with Crippen molar-refractivity contribution in [2.45, 2.75) is 89.4 Å². The van der Waals surface area contributed by atoms with Crippen LogP contribution in [0.4, 0.5) is 0 Å². The van der Waals surface area contributed by atoms with Gasteiger partial charge in [0, 0.05) is 19.8 Å². The van der Waals surface area contributed by atoms with Gasteiger partial charge in [-0.1, -0.05) is 43.3 Å². The number of aliphatic hydroxyl groups is 2. The summed E-state index contributed by atoms with van der Waals surface area (Å²) >= 11 is 0. The van der Waals surface area contributed by atoms with Gasteiger partial charge in [-0.25, -0.2) is 9.59 Å². The minimum Gasteiger partial charge on any atom is -0.458 e. The second-order valence-corrected chi connectivity index (χ2v) is 12.6. The van der Waals surface area contributed by atoms with Crippen molar-refractivity contribution in [1.29, 1.82) is 0 Å². The largest absolute Gasteiger partial charge is 0.458 e. The number of carbonyl (C=O) groups excluding carboxylic acids is 4. The van der Waals surface area contributed by atoms with E-state index in [0.717, 1.165) is 6.92 Å². The lowest BCUT2D eigenvalue weighted by Crippen LogP contribution is -2.81. The number of carbonyl (C=O) groups is 4. The maximum atomic E-state index is 13.7. The Morgan fingerprint density at radius 3 is 1.59 bits per heavy atom. The van der Waals surface area contributed by atoms with Crippen LogP contribution in [0.2, 0.25) is 0 Å². The predicted molar refractivity (Wildman–Crippen MR) is 153 cm³/mol. The van der Waals surface area contributed by atoms with Gasteiger partial charge in [0.15, 0.2) is 18.3 Å². The normalized spacial score (nSPS) is 36.8. The van der Waals surface area contributed by atoms with E-state index in [4.69, 9.17) is 23.7 Å². The van der Waals surface area contributed by atoms with Gasteiger partial charge in [0.25, 0.3) is 0 Å². The molecular weight excluding hydrogens is 572 g/mol. The lowest BCUT2D eigenvalue weighted by Gasteiger charge is -2.64. The maximum absolute atomic E-state index is 13.7. The third kappa shape index (κ3) is 4.78. The SMILES string of the molecule is CC(=O)O[C@H]1[C@@H](O)[C@H](C)[C@]23OC(C)(C)[C@@H]([C@H](OC(C)=O)[C@H](OC(=O)c4ccccc4)[C@]2(C)[C@H]1OC(=O)c1ccccc1)[C@H]3O. The molecule has 2 aliphatic carbocycles. The molecule has 5 rings (SSSR count). The Morgan fingerprint density at radius 2 is 1.14 bits per heavy atom. The van der Waals surface area contributed by atoms with E-state index < -0.39 is 89.0 Å². The molecule has 2 bridgehead atoms. The minimum absolute atomic E-state index is 0.163. The van der Waals surface area contributed by atoms with Crippen molar-refractivity contribution < 1.29 is 53.1 Å². The average Bonchev–Trinajstić information content (AvgIpc) is 3.16. The van der Waals surface area contributed by atoms with Gasteiger partial charge >= 0.3 is 23.9 Å². The molecule has 2 aromatic rings. The van der Waals surface area contributed by atoms with E-state index in [1.54, 1.807) is 76.2 Å². The smallest absolute Gasteiger partial charge is 0.338 e. The van der Waals surface area contributed by atoms with Gasteiger partial charge in [-0.3, -0.25) is 9.59 Å². The predicted octanol–water partition coefficient (Wildman–Crippen LogP) is 2.86. The van der Waals surface area contributed by atoms with Crippen molar-refractivity contribution in [3.63, 3.8) is 0 Å². The minimum atomic E-state index is -1.76. The first-order valence-corrected chi connectivity index (χ1v) is 14.6. The van der Waals surface area contributed by atoms with Crippen LogP contribution in [0.5, 0.6) is 0 Å². The van der Waals surface area contributed by atoms with Gasteiger partial charge in [0.05, 0.1) is 34.2 Å².